The fourth-order valence-electron chi connectivity index (χ4n) is 1.44. The van der Waals surface area contributed by atoms with E-state index in [1.54, 1.807) is 18.2 Å². The molecule has 0 saturated carbocycles. The summed E-state index contributed by atoms with van der Waals surface area (Å²) in [5.41, 5.74) is 2.13. The molecule has 0 aliphatic carbocycles. The van der Waals surface area contributed by atoms with Gasteiger partial charge in [0.1, 0.15) is 0 Å². The Balaban J connectivity index is 2.84. The molecule has 0 radical (unpaired) electrons. The zero-order chi connectivity index (χ0) is 12.0. The van der Waals surface area contributed by atoms with E-state index in [9.17, 15) is 4.79 Å². The van der Waals surface area contributed by atoms with Gasteiger partial charge in [0.05, 0.1) is 0 Å². The summed E-state index contributed by atoms with van der Waals surface area (Å²) in [6.45, 7) is 1.92. The third kappa shape index (κ3) is 3.60. The average Bonchev–Trinajstić information content (AvgIpc) is 2.29. The van der Waals surface area contributed by atoms with E-state index in [0.29, 0.717) is 24.7 Å². The van der Waals surface area contributed by atoms with Gasteiger partial charge in [-0.05, 0) is 17.4 Å². The minimum atomic E-state index is -1.46. The summed E-state index contributed by atoms with van der Waals surface area (Å²) in [5.74, 6) is 0. The molecule has 0 atom stereocenters. The molecular weight excluding hydrogens is 205 g/mol. The standard InChI is InChI=1S/C11H14BNO3/c1-2-11(13-8-14)7-9-4-3-5-10(6-9)12(15)16/h3-6,8,15-16H,2,7H2,1H3. The van der Waals surface area contributed by atoms with E-state index in [2.05, 4.69) is 4.99 Å². The van der Waals surface area contributed by atoms with Crippen molar-refractivity contribution in [3.8, 4) is 0 Å². The molecule has 5 heteroatoms. The lowest BCUT2D eigenvalue weighted by Gasteiger charge is -2.05. The molecule has 0 aromatic heterocycles. The van der Waals surface area contributed by atoms with Gasteiger partial charge in [-0.25, -0.2) is 4.99 Å². The van der Waals surface area contributed by atoms with Crippen LogP contribution in [-0.4, -0.2) is 29.3 Å². The van der Waals surface area contributed by atoms with Gasteiger partial charge in [-0.15, -0.1) is 0 Å². The largest absolute Gasteiger partial charge is 0.488 e. The molecule has 84 valence electrons. The first-order valence-electron chi connectivity index (χ1n) is 5.11. The van der Waals surface area contributed by atoms with Gasteiger partial charge in [-0.3, -0.25) is 4.79 Å². The Morgan fingerprint density at radius 3 is 2.81 bits per heavy atom. The normalized spacial score (nSPS) is 11.3. The SMILES string of the molecule is CCC(Cc1cccc(B(O)O)c1)=NC=O. The van der Waals surface area contributed by atoms with Crippen molar-refractivity contribution in [3.63, 3.8) is 0 Å². The van der Waals surface area contributed by atoms with Gasteiger partial charge in [0.2, 0.25) is 6.41 Å². The maximum absolute atomic E-state index is 10.3. The highest BCUT2D eigenvalue weighted by molar-refractivity contribution is 6.58. The highest BCUT2D eigenvalue weighted by Gasteiger charge is 2.11. The zero-order valence-corrected chi connectivity index (χ0v) is 9.13. The van der Waals surface area contributed by atoms with Crippen LogP contribution < -0.4 is 5.46 Å². The molecule has 0 aliphatic rings. The van der Waals surface area contributed by atoms with Crippen molar-refractivity contribution < 1.29 is 14.8 Å². The number of hydrogen-bond acceptors (Lipinski definition) is 3. The predicted octanol–water partition coefficient (Wildman–Crippen LogP) is -0.0837. The average molecular weight is 219 g/mol. The second kappa shape index (κ2) is 6.20. The molecule has 0 saturated heterocycles. The van der Waals surface area contributed by atoms with Crippen LogP contribution in [-0.2, 0) is 11.2 Å². The molecule has 0 aliphatic heterocycles. The third-order valence-electron chi connectivity index (χ3n) is 2.30. The lowest BCUT2D eigenvalue weighted by atomic mass is 9.79. The second-order valence-electron chi connectivity index (χ2n) is 3.45. The summed E-state index contributed by atoms with van der Waals surface area (Å²) in [4.78, 5) is 14.0. The Kier molecular flexibility index (Phi) is 4.89. The number of rotatable bonds is 5. The first-order valence-corrected chi connectivity index (χ1v) is 5.11. The smallest absolute Gasteiger partial charge is 0.423 e. The quantitative estimate of drug-likeness (QED) is 0.413. The van der Waals surface area contributed by atoms with Crippen LogP contribution in [0, 0.1) is 0 Å². The number of carbonyl (C=O) groups excluding carboxylic acids is 1. The molecule has 2 N–H and O–H groups in total. The predicted molar refractivity (Wildman–Crippen MR) is 63.8 cm³/mol. The van der Waals surface area contributed by atoms with Gasteiger partial charge in [-0.2, -0.15) is 0 Å². The summed E-state index contributed by atoms with van der Waals surface area (Å²) in [6, 6.07) is 6.94. The van der Waals surface area contributed by atoms with Crippen LogP contribution in [0.25, 0.3) is 0 Å². The van der Waals surface area contributed by atoms with Crippen molar-refractivity contribution in [2.24, 2.45) is 4.99 Å². The van der Waals surface area contributed by atoms with Crippen molar-refractivity contribution in [1.82, 2.24) is 0 Å². The fraction of sp³-hybridized carbons (Fsp3) is 0.273. The molecular formula is C11H14BNO3. The lowest BCUT2D eigenvalue weighted by molar-refractivity contribution is -0.106. The highest BCUT2D eigenvalue weighted by Crippen LogP contribution is 2.02. The molecule has 1 aromatic carbocycles. The lowest BCUT2D eigenvalue weighted by Crippen LogP contribution is -2.30. The summed E-state index contributed by atoms with van der Waals surface area (Å²) >= 11 is 0. The molecule has 0 fully saturated rings. The highest BCUT2D eigenvalue weighted by atomic mass is 16.4. The van der Waals surface area contributed by atoms with Crippen LogP contribution in [0.1, 0.15) is 18.9 Å². The van der Waals surface area contributed by atoms with E-state index in [0.717, 1.165) is 11.3 Å². The number of benzene rings is 1. The molecule has 0 unspecified atom stereocenters. The number of hydrogen-bond donors (Lipinski definition) is 2. The van der Waals surface area contributed by atoms with E-state index in [-0.39, 0.29) is 0 Å². The van der Waals surface area contributed by atoms with Crippen molar-refractivity contribution in [2.75, 3.05) is 0 Å². The van der Waals surface area contributed by atoms with Crippen LogP contribution in [0.4, 0.5) is 0 Å². The van der Waals surface area contributed by atoms with Gasteiger partial charge in [0.25, 0.3) is 0 Å². The first kappa shape index (κ1) is 12.6. The van der Waals surface area contributed by atoms with Crippen LogP contribution in [0.3, 0.4) is 0 Å². The van der Waals surface area contributed by atoms with Crippen molar-refractivity contribution >= 4 is 24.7 Å². The maximum atomic E-state index is 10.3. The van der Waals surface area contributed by atoms with Crippen molar-refractivity contribution in [2.45, 2.75) is 19.8 Å². The molecule has 1 amide bonds. The minimum absolute atomic E-state index is 0.444. The second-order valence-corrected chi connectivity index (χ2v) is 3.45. The Hall–Kier alpha value is -1.46. The molecule has 1 aromatic rings. The van der Waals surface area contributed by atoms with Crippen molar-refractivity contribution in [3.05, 3.63) is 29.8 Å². The topological polar surface area (TPSA) is 69.9 Å². The molecule has 0 heterocycles. The van der Waals surface area contributed by atoms with Crippen molar-refractivity contribution in [1.29, 1.82) is 0 Å². The zero-order valence-electron chi connectivity index (χ0n) is 9.13. The van der Waals surface area contributed by atoms with Crippen LogP contribution >= 0.6 is 0 Å². The number of amides is 1. The van der Waals surface area contributed by atoms with E-state index < -0.39 is 7.12 Å². The monoisotopic (exact) mass is 219 g/mol. The van der Waals surface area contributed by atoms with E-state index in [4.69, 9.17) is 10.0 Å². The molecule has 4 nitrogen and oxygen atoms in total. The van der Waals surface area contributed by atoms with E-state index in [1.807, 2.05) is 13.0 Å². The summed E-state index contributed by atoms with van der Waals surface area (Å²) < 4.78 is 0. The van der Waals surface area contributed by atoms with Crippen LogP contribution in [0.5, 0.6) is 0 Å². The number of nitrogens with zero attached hydrogens (tertiary/aromatic N) is 1. The fourth-order valence-corrected chi connectivity index (χ4v) is 1.44. The molecule has 16 heavy (non-hydrogen) atoms. The van der Waals surface area contributed by atoms with Gasteiger partial charge in [-0.1, -0.05) is 31.2 Å². The van der Waals surface area contributed by atoms with Crippen LogP contribution in [0.15, 0.2) is 29.3 Å². The molecule has 0 spiro atoms. The molecule has 1 rings (SSSR count). The Labute approximate surface area is 94.8 Å². The Bertz CT molecular complexity index is 391. The number of aliphatic imine (C=N–C) groups is 1. The minimum Gasteiger partial charge on any atom is -0.423 e. The summed E-state index contributed by atoms with van der Waals surface area (Å²) in [7, 11) is -1.46. The Morgan fingerprint density at radius 1 is 1.50 bits per heavy atom. The summed E-state index contributed by atoms with van der Waals surface area (Å²) in [5, 5.41) is 18.0. The van der Waals surface area contributed by atoms with E-state index in [1.165, 1.54) is 0 Å². The first-order chi connectivity index (χ1) is 7.67. The third-order valence-corrected chi connectivity index (χ3v) is 2.30. The maximum Gasteiger partial charge on any atom is 0.488 e. The van der Waals surface area contributed by atoms with Gasteiger partial charge in [0, 0.05) is 12.1 Å². The van der Waals surface area contributed by atoms with Gasteiger partial charge < -0.3 is 10.0 Å². The van der Waals surface area contributed by atoms with Gasteiger partial charge in [0.15, 0.2) is 0 Å². The number of carbonyl (C=O) groups is 1. The van der Waals surface area contributed by atoms with Gasteiger partial charge >= 0.3 is 7.12 Å². The summed E-state index contributed by atoms with van der Waals surface area (Å²) in [6.07, 6.45) is 1.78. The Morgan fingerprint density at radius 2 is 2.25 bits per heavy atom. The van der Waals surface area contributed by atoms with E-state index >= 15 is 0 Å². The molecule has 0 bridgehead atoms. The van der Waals surface area contributed by atoms with Crippen LogP contribution in [0.2, 0.25) is 0 Å².